The van der Waals surface area contributed by atoms with Crippen molar-refractivity contribution < 1.29 is 58.7 Å². The van der Waals surface area contributed by atoms with E-state index >= 15 is 0 Å². The summed E-state index contributed by atoms with van der Waals surface area (Å²) in [6.45, 7) is 13.8. The Morgan fingerprint density at radius 1 is 1.08 bits per heavy atom. The van der Waals surface area contributed by atoms with Crippen molar-refractivity contribution in [2.24, 2.45) is 28.8 Å². The van der Waals surface area contributed by atoms with Crippen molar-refractivity contribution in [3.63, 3.8) is 0 Å². The Bertz CT molecular complexity index is 1940. The number of hydrogen-bond donors (Lipinski definition) is 4. The topological polar surface area (TPSA) is 251 Å². The molecule has 19 heteroatoms. The molecule has 0 bridgehead atoms. The van der Waals surface area contributed by atoms with Crippen LogP contribution in [-0.4, -0.2) is 150 Å². The normalized spacial score (nSPS) is 35.4. The third-order valence-corrected chi connectivity index (χ3v) is 14.3. The van der Waals surface area contributed by atoms with Crippen LogP contribution in [0.2, 0.25) is 0 Å². The van der Waals surface area contributed by atoms with Gasteiger partial charge in [-0.1, -0.05) is 50.2 Å². The number of esters is 1. The van der Waals surface area contributed by atoms with Gasteiger partial charge < -0.3 is 49.1 Å². The molecule has 1 saturated carbocycles. The molecule has 370 valence electrons. The van der Waals surface area contributed by atoms with Crippen LogP contribution in [0.25, 0.3) is 0 Å². The van der Waals surface area contributed by atoms with Crippen molar-refractivity contribution >= 4 is 23.2 Å². The zero-order valence-electron chi connectivity index (χ0n) is 40.3. The highest BCUT2D eigenvalue weighted by Gasteiger charge is 2.52. The monoisotopic (exact) mass is 931 g/mol. The second-order valence-corrected chi connectivity index (χ2v) is 19.4. The Morgan fingerprint density at radius 2 is 1.74 bits per heavy atom. The number of benzene rings is 1. The van der Waals surface area contributed by atoms with E-state index in [1.165, 1.54) is 33.1 Å². The van der Waals surface area contributed by atoms with Crippen LogP contribution in [0.15, 0.2) is 35.6 Å². The van der Waals surface area contributed by atoms with Gasteiger partial charge in [0.05, 0.1) is 52.9 Å². The number of carbonyl (C=O) groups excluding carboxylic acids is 2. The first-order valence-corrected chi connectivity index (χ1v) is 23.5. The number of nitro benzene ring substituents is 1. The summed E-state index contributed by atoms with van der Waals surface area (Å²) < 4.78 is 26.8. The fraction of sp³-hybridized carbons (Fsp3) is 0.766. The van der Waals surface area contributed by atoms with Crippen LogP contribution >= 0.6 is 0 Å². The summed E-state index contributed by atoms with van der Waals surface area (Å²) in [5.41, 5.74) is -1.30. The van der Waals surface area contributed by atoms with E-state index in [-0.39, 0.29) is 37.3 Å². The first-order chi connectivity index (χ1) is 31.1. The second-order valence-electron chi connectivity index (χ2n) is 19.4. The summed E-state index contributed by atoms with van der Waals surface area (Å²) in [6, 6.07) is 5.25. The van der Waals surface area contributed by atoms with E-state index in [0.717, 1.165) is 31.2 Å². The third-order valence-electron chi connectivity index (χ3n) is 14.3. The van der Waals surface area contributed by atoms with Gasteiger partial charge in [-0.3, -0.25) is 19.7 Å². The van der Waals surface area contributed by atoms with Gasteiger partial charge in [0.25, 0.3) is 5.69 Å². The summed E-state index contributed by atoms with van der Waals surface area (Å²) in [4.78, 5) is 46.9. The minimum Gasteiger partial charge on any atom is -0.459 e. The Hall–Kier alpha value is -3.95. The van der Waals surface area contributed by atoms with Gasteiger partial charge in [-0.05, 0) is 91.7 Å². The van der Waals surface area contributed by atoms with Crippen molar-refractivity contribution in [1.29, 1.82) is 0 Å². The predicted molar refractivity (Wildman–Crippen MR) is 242 cm³/mol. The number of carbonyl (C=O) groups is 2. The lowest BCUT2D eigenvalue weighted by Gasteiger charge is -2.47. The first-order valence-electron chi connectivity index (χ1n) is 23.5. The summed E-state index contributed by atoms with van der Waals surface area (Å²) in [5, 5.41) is 70.3. The lowest BCUT2D eigenvalue weighted by atomic mass is 9.74. The van der Waals surface area contributed by atoms with Crippen molar-refractivity contribution in [3.8, 4) is 0 Å². The third kappa shape index (κ3) is 12.4. The van der Waals surface area contributed by atoms with E-state index in [1.54, 1.807) is 50.7 Å². The Kier molecular flexibility index (Phi) is 18.4. The molecule has 1 aliphatic carbocycles. The molecule has 0 unspecified atom stereocenters. The highest BCUT2D eigenvalue weighted by Crippen LogP contribution is 2.39. The molecule has 0 spiro atoms. The molecule has 0 amide bonds. The van der Waals surface area contributed by atoms with Crippen LogP contribution in [0.1, 0.15) is 118 Å². The fourth-order valence-electron chi connectivity index (χ4n) is 10.0. The van der Waals surface area contributed by atoms with E-state index in [9.17, 15) is 40.1 Å². The van der Waals surface area contributed by atoms with Crippen LogP contribution in [0.4, 0.5) is 5.69 Å². The van der Waals surface area contributed by atoms with E-state index in [2.05, 4.69) is 15.5 Å². The number of non-ortho nitro benzene ring substituents is 1. The molecular weight excluding hydrogens is 857 g/mol. The van der Waals surface area contributed by atoms with E-state index in [0.29, 0.717) is 37.2 Å². The molecule has 4 N–H and O–H groups in total. The van der Waals surface area contributed by atoms with Gasteiger partial charge in [-0.15, -0.1) is 5.10 Å². The van der Waals surface area contributed by atoms with Crippen LogP contribution in [0, 0.1) is 33.8 Å². The number of aromatic nitrogens is 3. The van der Waals surface area contributed by atoms with Crippen LogP contribution in [0.5, 0.6) is 0 Å². The Morgan fingerprint density at radius 3 is 2.35 bits per heavy atom. The van der Waals surface area contributed by atoms with Gasteiger partial charge in [0.2, 0.25) is 0 Å². The quantitative estimate of drug-likeness (QED) is 0.0838. The maximum Gasteiger partial charge on any atom is 0.316 e. The van der Waals surface area contributed by atoms with Crippen molar-refractivity contribution in [2.45, 2.75) is 179 Å². The number of aliphatic hydroxyl groups excluding tert-OH is 3. The lowest BCUT2D eigenvalue weighted by Crippen LogP contribution is -2.60. The molecule has 2 saturated heterocycles. The van der Waals surface area contributed by atoms with Crippen molar-refractivity contribution in [2.75, 3.05) is 27.3 Å². The molecule has 66 heavy (non-hydrogen) atoms. The SMILES string of the molecule is CC[C@H]1OC(=O)[C@H](C)C(=O)[C@H](C)[C@@H](O[C@@H]2O[C@H](C)C[C@H](N(C)CCc3cn([C@H](CO)Cc4ccc([N+](=O)[O-])cc4)nn3)[C@H]2O)[C@](C)(OC)C[C@@H](C)/C(=N\OC2CCCC2)[C@H](C)[C@@H](O)[C@]1(C)O. The fourth-order valence-corrected chi connectivity index (χ4v) is 10.0. The first kappa shape index (κ1) is 53.0. The maximum atomic E-state index is 14.4. The summed E-state index contributed by atoms with van der Waals surface area (Å²) in [7, 11) is 3.39. The molecule has 3 fully saturated rings. The molecule has 1 aromatic carbocycles. The van der Waals surface area contributed by atoms with E-state index in [1.807, 2.05) is 25.8 Å². The maximum absolute atomic E-state index is 14.4. The number of ether oxygens (including phenoxy) is 4. The standard InChI is InChI=1S/C47H74N6O13/c1-11-38-47(8,59)42(57)29(4)39(49-66-36-14-12-13-15-36)27(2)24-46(7,62-10)43(30(5)40(55)31(6)44(58)64-38)65-45-41(56)37(22-28(3)63-45)51(9)21-20-33-25-52(50-48-33)35(26-54)23-32-16-18-34(19-17-32)53(60)61/h16-19,25,27-31,35-38,41-43,45,54,56-57,59H,11-15,20-24,26H2,1-10H3/b49-39+/t27-,28-,29+,30+,31-,35+,37+,38-,41-,42-,43-,45+,46-,47-/m1/s1. The number of likely N-dealkylation sites (N-methyl/N-ethyl adjacent to an activating group) is 1. The van der Waals surface area contributed by atoms with Crippen molar-refractivity contribution in [3.05, 3.63) is 51.8 Å². The smallest absolute Gasteiger partial charge is 0.316 e. The average Bonchev–Trinajstić information content (AvgIpc) is 4.01. The second kappa shape index (κ2) is 22.9. The average molecular weight is 931 g/mol. The largest absolute Gasteiger partial charge is 0.459 e. The van der Waals surface area contributed by atoms with Gasteiger partial charge in [0, 0.05) is 62.2 Å². The number of aliphatic hydroxyl groups is 4. The number of rotatable bonds is 15. The molecule has 5 rings (SSSR count). The van der Waals surface area contributed by atoms with Gasteiger partial charge >= 0.3 is 5.97 Å². The minimum atomic E-state index is -1.92. The highest BCUT2D eigenvalue weighted by molar-refractivity contribution is 6.00. The number of ketones is 1. The summed E-state index contributed by atoms with van der Waals surface area (Å²) in [5.74, 6) is -4.88. The van der Waals surface area contributed by atoms with Gasteiger partial charge in [0.1, 0.15) is 29.8 Å². The Balaban J connectivity index is 1.38. The zero-order valence-corrected chi connectivity index (χ0v) is 40.3. The zero-order chi connectivity index (χ0) is 48.7. The highest BCUT2D eigenvalue weighted by atomic mass is 16.7. The molecule has 14 atom stereocenters. The predicted octanol–water partition coefficient (Wildman–Crippen LogP) is 4.36. The molecule has 1 aromatic heterocycles. The number of nitro groups is 1. The van der Waals surface area contributed by atoms with Gasteiger partial charge in [-0.2, -0.15) is 0 Å². The van der Waals surface area contributed by atoms with Gasteiger partial charge in [-0.25, -0.2) is 4.68 Å². The summed E-state index contributed by atoms with van der Waals surface area (Å²) >= 11 is 0. The van der Waals surface area contributed by atoms with E-state index in [4.69, 9.17) is 23.8 Å². The number of hydrogen-bond acceptors (Lipinski definition) is 17. The number of cyclic esters (lactones) is 1. The Labute approximate surface area is 388 Å². The number of methoxy groups -OCH3 is 1. The molecule has 2 aliphatic heterocycles. The molecular formula is C47H74N6O13. The van der Waals surface area contributed by atoms with Crippen LogP contribution in [0.3, 0.4) is 0 Å². The number of Topliss-reactive ketones (excluding diaryl/α,β-unsaturated/α-hetero) is 1. The van der Waals surface area contributed by atoms with Crippen LogP contribution < -0.4 is 0 Å². The van der Waals surface area contributed by atoms with Crippen molar-refractivity contribution in [1.82, 2.24) is 19.9 Å². The molecule has 2 aromatic rings. The number of oxime groups is 1. The molecule has 19 nitrogen and oxygen atoms in total. The molecule has 3 heterocycles. The summed E-state index contributed by atoms with van der Waals surface area (Å²) in [6.07, 6.45) is 0.536. The molecule has 3 aliphatic rings. The minimum absolute atomic E-state index is 0.0185. The molecule has 0 radical (unpaired) electrons. The van der Waals surface area contributed by atoms with Crippen LogP contribution in [-0.2, 0) is 46.2 Å². The van der Waals surface area contributed by atoms with Gasteiger partial charge in [0.15, 0.2) is 12.1 Å². The lowest BCUT2D eigenvalue weighted by molar-refractivity contribution is -0.384. The van der Waals surface area contributed by atoms with E-state index < -0.39 is 94.3 Å². The number of nitrogens with zero attached hydrogens (tertiary/aromatic N) is 6.